The number of piperidine rings is 1. The minimum absolute atomic E-state index is 0.0697. The Balaban J connectivity index is 1.53. The predicted octanol–water partition coefficient (Wildman–Crippen LogP) is 2.81. The van der Waals surface area contributed by atoms with Crippen molar-refractivity contribution in [1.82, 2.24) is 15.6 Å². The molecule has 0 aromatic carbocycles. The largest absolute Gasteiger partial charge is 0.378 e. The van der Waals surface area contributed by atoms with Gasteiger partial charge in [-0.05, 0) is 45.2 Å². The van der Waals surface area contributed by atoms with Crippen molar-refractivity contribution in [2.45, 2.75) is 64.6 Å². The second-order valence-electron chi connectivity index (χ2n) is 8.47. The first-order valence-corrected chi connectivity index (χ1v) is 10.2. The fourth-order valence-electron chi connectivity index (χ4n) is 4.17. The van der Waals surface area contributed by atoms with Crippen LogP contribution in [0.4, 0.5) is 5.82 Å². The first-order chi connectivity index (χ1) is 12.9. The van der Waals surface area contributed by atoms with Crippen molar-refractivity contribution in [1.29, 1.82) is 0 Å². The number of guanidine groups is 1. The number of methoxy groups -OCH3 is 1. The Morgan fingerprint density at radius 2 is 2.00 bits per heavy atom. The number of pyridine rings is 1. The van der Waals surface area contributed by atoms with Gasteiger partial charge in [-0.15, -0.1) is 0 Å². The van der Waals surface area contributed by atoms with E-state index in [-0.39, 0.29) is 11.0 Å². The van der Waals surface area contributed by atoms with Crippen LogP contribution in [-0.2, 0) is 4.74 Å². The molecule has 0 radical (unpaired) electrons. The van der Waals surface area contributed by atoms with E-state index in [0.717, 1.165) is 50.7 Å². The number of hydrogen-bond acceptors (Lipinski definition) is 4. The van der Waals surface area contributed by atoms with E-state index in [1.807, 2.05) is 19.4 Å². The molecule has 2 N–H and O–H groups in total. The van der Waals surface area contributed by atoms with E-state index < -0.39 is 0 Å². The van der Waals surface area contributed by atoms with E-state index in [4.69, 9.17) is 4.74 Å². The number of hydrogen-bond donors (Lipinski definition) is 2. The van der Waals surface area contributed by atoms with Gasteiger partial charge in [-0.1, -0.05) is 19.9 Å². The number of ether oxygens (including phenoxy) is 1. The molecule has 1 aromatic rings. The second kappa shape index (κ2) is 8.05. The van der Waals surface area contributed by atoms with Gasteiger partial charge in [0.15, 0.2) is 5.96 Å². The van der Waals surface area contributed by atoms with Gasteiger partial charge in [0, 0.05) is 50.4 Å². The molecule has 1 aliphatic carbocycles. The second-order valence-corrected chi connectivity index (χ2v) is 8.47. The van der Waals surface area contributed by atoms with Gasteiger partial charge >= 0.3 is 0 Å². The number of rotatable bonds is 5. The van der Waals surface area contributed by atoms with Crippen molar-refractivity contribution in [2.24, 2.45) is 10.4 Å². The van der Waals surface area contributed by atoms with Crippen LogP contribution in [0.5, 0.6) is 0 Å². The molecule has 1 saturated heterocycles. The van der Waals surface area contributed by atoms with Crippen LogP contribution >= 0.6 is 0 Å². The Labute approximate surface area is 163 Å². The molecule has 6 nitrogen and oxygen atoms in total. The zero-order valence-corrected chi connectivity index (χ0v) is 17.5. The van der Waals surface area contributed by atoms with Crippen molar-refractivity contribution in [3.8, 4) is 0 Å². The van der Waals surface area contributed by atoms with Crippen LogP contribution in [0.2, 0.25) is 0 Å². The van der Waals surface area contributed by atoms with Crippen molar-refractivity contribution in [3.05, 3.63) is 24.4 Å². The lowest BCUT2D eigenvalue weighted by Gasteiger charge is -2.59. The highest BCUT2D eigenvalue weighted by Gasteiger charge is 2.58. The Bertz CT molecular complexity index is 639. The summed E-state index contributed by atoms with van der Waals surface area (Å²) in [7, 11) is 1.81. The summed E-state index contributed by atoms with van der Waals surface area (Å²) in [5.74, 6) is 2.01. The zero-order valence-electron chi connectivity index (χ0n) is 17.5. The lowest BCUT2D eigenvalue weighted by Crippen LogP contribution is -2.70. The van der Waals surface area contributed by atoms with Gasteiger partial charge in [0.05, 0.1) is 5.60 Å². The molecule has 1 aromatic heterocycles. The van der Waals surface area contributed by atoms with Gasteiger partial charge in [0.1, 0.15) is 5.82 Å². The molecule has 2 heterocycles. The molecule has 1 saturated carbocycles. The zero-order chi connectivity index (χ0) is 19.5. The standard InChI is InChI=1S/C21H35N5O/c1-6-22-19(25-17-15-21(4,27-5)20(17,2)3)24-16-10-13-26(14-11-16)18-9-7-8-12-23-18/h7-9,12,16-17H,6,10-11,13-15H2,1-5H3,(H2,22,24,25). The molecule has 0 bridgehead atoms. The number of nitrogens with one attached hydrogen (secondary N) is 2. The summed E-state index contributed by atoms with van der Waals surface area (Å²) in [6.45, 7) is 11.6. The Hall–Kier alpha value is -1.82. The van der Waals surface area contributed by atoms with Crippen molar-refractivity contribution in [2.75, 3.05) is 31.6 Å². The van der Waals surface area contributed by atoms with Crippen LogP contribution in [0.1, 0.15) is 47.0 Å². The van der Waals surface area contributed by atoms with Gasteiger partial charge in [0.25, 0.3) is 0 Å². The molecular weight excluding hydrogens is 338 g/mol. The van der Waals surface area contributed by atoms with Gasteiger partial charge in [0.2, 0.25) is 0 Å². The van der Waals surface area contributed by atoms with E-state index in [1.54, 1.807) is 0 Å². The maximum Gasteiger partial charge on any atom is 0.191 e. The van der Waals surface area contributed by atoms with E-state index >= 15 is 0 Å². The maximum absolute atomic E-state index is 5.75. The number of aromatic nitrogens is 1. The van der Waals surface area contributed by atoms with Crippen LogP contribution in [-0.4, -0.2) is 55.4 Å². The predicted molar refractivity (Wildman–Crippen MR) is 111 cm³/mol. The molecular formula is C21H35N5O. The third-order valence-corrected chi connectivity index (χ3v) is 6.71. The Kier molecular flexibility index (Phi) is 5.94. The van der Waals surface area contributed by atoms with Crippen LogP contribution in [0.3, 0.4) is 0 Å². The smallest absolute Gasteiger partial charge is 0.191 e. The number of aliphatic imine (C=N–C) groups is 1. The first kappa shape index (κ1) is 19.9. The molecule has 2 atom stereocenters. The molecule has 3 rings (SSSR count). The average Bonchev–Trinajstić information content (AvgIpc) is 2.68. The summed E-state index contributed by atoms with van der Waals surface area (Å²) in [5.41, 5.74) is -0.00367. The molecule has 2 unspecified atom stereocenters. The Morgan fingerprint density at radius 3 is 2.56 bits per heavy atom. The fraction of sp³-hybridized carbons (Fsp3) is 0.714. The Morgan fingerprint density at radius 1 is 1.26 bits per heavy atom. The summed E-state index contributed by atoms with van der Waals surface area (Å²) in [6.07, 6.45) is 5.04. The quantitative estimate of drug-likeness (QED) is 0.614. The number of anilines is 1. The normalized spacial score (nSPS) is 28.6. The SMILES string of the molecule is CCN=C(NC1CCN(c2ccccn2)CC1)NC1CC(C)(OC)C1(C)C. The molecule has 2 fully saturated rings. The van der Waals surface area contributed by atoms with E-state index in [9.17, 15) is 0 Å². The highest BCUT2D eigenvalue weighted by molar-refractivity contribution is 5.80. The number of nitrogens with zero attached hydrogens (tertiary/aromatic N) is 3. The lowest BCUT2D eigenvalue weighted by molar-refractivity contribution is -0.176. The molecule has 0 amide bonds. The van der Waals surface area contributed by atoms with Gasteiger partial charge < -0.3 is 20.3 Å². The van der Waals surface area contributed by atoms with Gasteiger partial charge in [-0.25, -0.2) is 4.98 Å². The van der Waals surface area contributed by atoms with Crippen LogP contribution < -0.4 is 15.5 Å². The third-order valence-electron chi connectivity index (χ3n) is 6.71. The molecule has 27 heavy (non-hydrogen) atoms. The van der Waals surface area contributed by atoms with Gasteiger partial charge in [-0.2, -0.15) is 0 Å². The minimum atomic E-state index is -0.0734. The molecule has 6 heteroatoms. The molecule has 150 valence electrons. The summed E-state index contributed by atoms with van der Waals surface area (Å²) in [4.78, 5) is 11.5. The first-order valence-electron chi connectivity index (χ1n) is 10.2. The van der Waals surface area contributed by atoms with E-state index in [1.165, 1.54) is 0 Å². The summed E-state index contributed by atoms with van der Waals surface area (Å²) in [6, 6.07) is 6.92. The van der Waals surface area contributed by atoms with Crippen LogP contribution in [0.15, 0.2) is 29.4 Å². The average molecular weight is 374 g/mol. The molecule has 2 aliphatic rings. The monoisotopic (exact) mass is 373 g/mol. The van der Waals surface area contributed by atoms with Gasteiger partial charge in [-0.3, -0.25) is 4.99 Å². The van der Waals surface area contributed by atoms with E-state index in [0.29, 0.717) is 12.1 Å². The maximum atomic E-state index is 5.75. The third kappa shape index (κ3) is 4.05. The highest BCUT2D eigenvalue weighted by Crippen LogP contribution is 2.51. The highest BCUT2D eigenvalue weighted by atomic mass is 16.5. The summed E-state index contributed by atoms with van der Waals surface area (Å²) < 4.78 is 5.75. The van der Waals surface area contributed by atoms with E-state index in [2.05, 4.69) is 65.3 Å². The topological polar surface area (TPSA) is 61.8 Å². The van der Waals surface area contributed by atoms with Crippen molar-refractivity contribution >= 4 is 11.8 Å². The summed E-state index contributed by atoms with van der Waals surface area (Å²) in [5, 5.41) is 7.32. The minimum Gasteiger partial charge on any atom is -0.378 e. The van der Waals surface area contributed by atoms with Crippen LogP contribution in [0.25, 0.3) is 0 Å². The van der Waals surface area contributed by atoms with Crippen molar-refractivity contribution < 1.29 is 4.74 Å². The van der Waals surface area contributed by atoms with Crippen molar-refractivity contribution in [3.63, 3.8) is 0 Å². The lowest BCUT2D eigenvalue weighted by atomic mass is 9.56. The molecule has 1 aliphatic heterocycles. The fourth-order valence-corrected chi connectivity index (χ4v) is 4.17. The summed E-state index contributed by atoms with van der Waals surface area (Å²) >= 11 is 0. The van der Waals surface area contributed by atoms with Crippen LogP contribution in [0, 0.1) is 5.41 Å². The molecule has 0 spiro atoms.